The van der Waals surface area contributed by atoms with Gasteiger partial charge in [-0.05, 0) is 80.4 Å². The summed E-state index contributed by atoms with van der Waals surface area (Å²) >= 11 is 0. The Kier molecular flexibility index (Phi) is 4.92. The van der Waals surface area contributed by atoms with E-state index in [4.69, 9.17) is 9.31 Å². The summed E-state index contributed by atoms with van der Waals surface area (Å²) in [6, 6.07) is 23.5. The van der Waals surface area contributed by atoms with E-state index in [1.807, 2.05) is 0 Å². The number of benzene rings is 3. The average Bonchev–Trinajstić information content (AvgIpc) is 2.90. The number of hydrogen-bond donors (Lipinski definition) is 0. The fraction of sp³-hybridized carbons (Fsp3) is 0.308. The SMILES string of the molecule is Cc1c(B2OC(C)(C)C(C)(C)O2)cccc1-c1cccc(-c2ccccc2)c1C. The molecular formula is C26H29BO2. The predicted octanol–water partition coefficient (Wildman–Crippen LogP) is 5.94. The first-order chi connectivity index (χ1) is 13.7. The zero-order chi connectivity index (χ0) is 20.8. The van der Waals surface area contributed by atoms with Gasteiger partial charge in [0.1, 0.15) is 0 Å². The number of hydrogen-bond acceptors (Lipinski definition) is 2. The molecule has 0 aromatic heterocycles. The molecule has 3 heteroatoms. The molecule has 0 amide bonds. The van der Waals surface area contributed by atoms with E-state index < -0.39 is 0 Å². The van der Waals surface area contributed by atoms with Gasteiger partial charge in [0.15, 0.2) is 0 Å². The monoisotopic (exact) mass is 384 g/mol. The van der Waals surface area contributed by atoms with Crippen LogP contribution in [0.1, 0.15) is 38.8 Å². The third-order valence-electron chi connectivity index (χ3n) is 6.59. The molecule has 0 saturated carbocycles. The topological polar surface area (TPSA) is 18.5 Å². The van der Waals surface area contributed by atoms with Crippen LogP contribution in [-0.4, -0.2) is 18.3 Å². The van der Waals surface area contributed by atoms with Crippen molar-refractivity contribution in [3.63, 3.8) is 0 Å². The van der Waals surface area contributed by atoms with Crippen molar-refractivity contribution in [2.75, 3.05) is 0 Å². The van der Waals surface area contributed by atoms with E-state index in [0.717, 1.165) is 5.46 Å². The Bertz CT molecular complexity index is 1020. The van der Waals surface area contributed by atoms with Gasteiger partial charge in [0, 0.05) is 0 Å². The summed E-state index contributed by atoms with van der Waals surface area (Å²) in [5.41, 5.74) is 7.90. The standard InChI is InChI=1S/C26H29BO2/c1-18-21(20-12-8-7-9-13-20)14-10-15-22(18)23-16-11-17-24(19(23)2)27-28-25(3,4)26(5,6)29-27/h7-17H,1-6H3. The molecule has 148 valence electrons. The van der Waals surface area contributed by atoms with E-state index in [0.29, 0.717) is 0 Å². The first kappa shape index (κ1) is 19.9. The van der Waals surface area contributed by atoms with Gasteiger partial charge in [0.05, 0.1) is 11.2 Å². The summed E-state index contributed by atoms with van der Waals surface area (Å²) in [6.07, 6.45) is 0. The van der Waals surface area contributed by atoms with Crippen molar-refractivity contribution in [3.05, 3.63) is 77.9 Å². The van der Waals surface area contributed by atoms with Crippen LogP contribution in [0, 0.1) is 13.8 Å². The van der Waals surface area contributed by atoms with Crippen molar-refractivity contribution >= 4 is 12.6 Å². The van der Waals surface area contributed by atoms with Gasteiger partial charge in [-0.1, -0.05) is 66.7 Å². The highest BCUT2D eigenvalue weighted by molar-refractivity contribution is 6.62. The largest absolute Gasteiger partial charge is 0.495 e. The molecule has 0 unspecified atom stereocenters. The highest BCUT2D eigenvalue weighted by Gasteiger charge is 2.52. The molecule has 29 heavy (non-hydrogen) atoms. The second-order valence-corrected chi connectivity index (χ2v) is 8.95. The van der Waals surface area contributed by atoms with Crippen molar-refractivity contribution in [1.29, 1.82) is 0 Å². The maximum absolute atomic E-state index is 6.32. The first-order valence-electron chi connectivity index (χ1n) is 10.3. The van der Waals surface area contributed by atoms with Crippen molar-refractivity contribution in [1.82, 2.24) is 0 Å². The Morgan fingerprint density at radius 3 is 1.72 bits per heavy atom. The van der Waals surface area contributed by atoms with Crippen LogP contribution in [0.25, 0.3) is 22.3 Å². The minimum absolute atomic E-state index is 0.344. The summed E-state index contributed by atoms with van der Waals surface area (Å²) in [4.78, 5) is 0. The quantitative estimate of drug-likeness (QED) is 0.521. The van der Waals surface area contributed by atoms with Gasteiger partial charge in [0.2, 0.25) is 0 Å². The Morgan fingerprint density at radius 1 is 0.586 bits per heavy atom. The second-order valence-electron chi connectivity index (χ2n) is 8.95. The Morgan fingerprint density at radius 2 is 1.10 bits per heavy atom. The lowest BCUT2D eigenvalue weighted by Gasteiger charge is -2.32. The van der Waals surface area contributed by atoms with Crippen LogP contribution in [0.4, 0.5) is 0 Å². The number of rotatable bonds is 3. The molecule has 1 aliphatic heterocycles. The zero-order valence-electron chi connectivity index (χ0n) is 18.2. The lowest BCUT2D eigenvalue weighted by molar-refractivity contribution is 0.00578. The molecule has 0 spiro atoms. The van der Waals surface area contributed by atoms with Crippen molar-refractivity contribution in [2.45, 2.75) is 52.7 Å². The highest BCUT2D eigenvalue weighted by Crippen LogP contribution is 2.38. The predicted molar refractivity (Wildman–Crippen MR) is 123 cm³/mol. The van der Waals surface area contributed by atoms with E-state index in [-0.39, 0.29) is 18.3 Å². The van der Waals surface area contributed by atoms with E-state index in [2.05, 4.69) is 108 Å². The van der Waals surface area contributed by atoms with Gasteiger partial charge in [-0.2, -0.15) is 0 Å². The molecule has 1 saturated heterocycles. The van der Waals surface area contributed by atoms with Gasteiger partial charge < -0.3 is 9.31 Å². The van der Waals surface area contributed by atoms with Crippen LogP contribution in [0.3, 0.4) is 0 Å². The Labute approximate surface area is 175 Å². The van der Waals surface area contributed by atoms with Gasteiger partial charge in [-0.15, -0.1) is 0 Å². The van der Waals surface area contributed by atoms with Crippen molar-refractivity contribution in [3.8, 4) is 22.3 Å². The van der Waals surface area contributed by atoms with E-state index in [1.165, 1.54) is 33.4 Å². The minimum atomic E-state index is -0.349. The van der Waals surface area contributed by atoms with Crippen LogP contribution < -0.4 is 5.46 Å². The summed E-state index contributed by atoms with van der Waals surface area (Å²) in [5, 5.41) is 0. The summed E-state index contributed by atoms with van der Waals surface area (Å²) < 4.78 is 12.6. The maximum atomic E-state index is 6.32. The molecule has 0 radical (unpaired) electrons. The molecule has 2 nitrogen and oxygen atoms in total. The molecule has 1 heterocycles. The summed E-state index contributed by atoms with van der Waals surface area (Å²) in [7, 11) is -0.349. The van der Waals surface area contributed by atoms with E-state index in [9.17, 15) is 0 Å². The Balaban J connectivity index is 1.78. The third kappa shape index (κ3) is 3.43. The fourth-order valence-corrected chi connectivity index (χ4v) is 4.03. The van der Waals surface area contributed by atoms with Crippen LogP contribution in [0.5, 0.6) is 0 Å². The Hall–Kier alpha value is -2.36. The van der Waals surface area contributed by atoms with Gasteiger partial charge in [-0.25, -0.2) is 0 Å². The first-order valence-corrected chi connectivity index (χ1v) is 10.3. The summed E-state index contributed by atoms with van der Waals surface area (Å²) in [5.74, 6) is 0. The van der Waals surface area contributed by atoms with Crippen molar-refractivity contribution in [2.24, 2.45) is 0 Å². The smallest absolute Gasteiger partial charge is 0.399 e. The van der Waals surface area contributed by atoms with E-state index >= 15 is 0 Å². The molecule has 0 N–H and O–H groups in total. The third-order valence-corrected chi connectivity index (χ3v) is 6.59. The summed E-state index contributed by atoms with van der Waals surface area (Å²) in [6.45, 7) is 12.8. The van der Waals surface area contributed by atoms with Gasteiger partial charge >= 0.3 is 7.12 Å². The van der Waals surface area contributed by atoms with Crippen LogP contribution >= 0.6 is 0 Å². The molecular weight excluding hydrogens is 355 g/mol. The van der Waals surface area contributed by atoms with Gasteiger partial charge in [-0.3, -0.25) is 0 Å². The van der Waals surface area contributed by atoms with Crippen LogP contribution in [0.2, 0.25) is 0 Å². The van der Waals surface area contributed by atoms with Crippen LogP contribution in [-0.2, 0) is 9.31 Å². The molecule has 0 bridgehead atoms. The molecule has 0 aliphatic carbocycles. The second kappa shape index (κ2) is 7.16. The molecule has 3 aromatic rings. The van der Waals surface area contributed by atoms with Crippen LogP contribution in [0.15, 0.2) is 66.7 Å². The maximum Gasteiger partial charge on any atom is 0.495 e. The average molecular weight is 384 g/mol. The van der Waals surface area contributed by atoms with Gasteiger partial charge in [0.25, 0.3) is 0 Å². The molecule has 0 atom stereocenters. The lowest BCUT2D eigenvalue weighted by atomic mass is 9.74. The fourth-order valence-electron chi connectivity index (χ4n) is 4.03. The zero-order valence-corrected chi connectivity index (χ0v) is 18.2. The minimum Gasteiger partial charge on any atom is -0.399 e. The molecule has 3 aromatic carbocycles. The molecule has 1 aliphatic rings. The normalized spacial score (nSPS) is 17.5. The molecule has 4 rings (SSSR count). The van der Waals surface area contributed by atoms with Crippen molar-refractivity contribution < 1.29 is 9.31 Å². The highest BCUT2D eigenvalue weighted by atomic mass is 16.7. The lowest BCUT2D eigenvalue weighted by Crippen LogP contribution is -2.41. The van der Waals surface area contributed by atoms with E-state index in [1.54, 1.807) is 0 Å². The molecule has 1 fully saturated rings.